The normalized spacial score (nSPS) is 11.6. The molecule has 0 fully saturated rings. The Kier molecular flexibility index (Phi) is 4.78. The molecule has 2 aromatic rings. The Morgan fingerprint density at radius 3 is 2.85 bits per heavy atom. The molecular weight excluding hydrogens is 268 g/mol. The number of aromatic nitrogens is 1. The third kappa shape index (κ3) is 3.58. The van der Waals surface area contributed by atoms with E-state index >= 15 is 0 Å². The molecular formula is C16H22N2OS. The minimum atomic E-state index is 0.0177. The van der Waals surface area contributed by atoms with Gasteiger partial charge in [-0.1, -0.05) is 26.0 Å². The molecule has 0 atom stereocenters. The SMILES string of the molecule is COc1cccc(CC(C)(C)c2nc(CCN)cs2)c1. The maximum atomic E-state index is 5.59. The molecule has 4 heteroatoms. The number of rotatable bonds is 6. The Morgan fingerprint density at radius 2 is 2.15 bits per heavy atom. The fraction of sp³-hybridized carbons (Fsp3) is 0.438. The lowest BCUT2D eigenvalue weighted by Crippen LogP contribution is -2.20. The number of ether oxygens (including phenoxy) is 1. The zero-order valence-corrected chi connectivity index (χ0v) is 13.2. The first-order valence-corrected chi connectivity index (χ1v) is 7.71. The second-order valence-corrected chi connectivity index (χ2v) is 6.45. The monoisotopic (exact) mass is 290 g/mol. The van der Waals surface area contributed by atoms with Crippen molar-refractivity contribution in [1.82, 2.24) is 4.98 Å². The van der Waals surface area contributed by atoms with Crippen LogP contribution in [-0.2, 0) is 18.3 Å². The average molecular weight is 290 g/mol. The first-order valence-electron chi connectivity index (χ1n) is 6.83. The summed E-state index contributed by atoms with van der Waals surface area (Å²) in [5, 5.41) is 3.29. The molecule has 0 aliphatic carbocycles. The van der Waals surface area contributed by atoms with E-state index in [-0.39, 0.29) is 5.41 Å². The second-order valence-electron chi connectivity index (χ2n) is 5.59. The van der Waals surface area contributed by atoms with Gasteiger partial charge in [0, 0.05) is 17.2 Å². The summed E-state index contributed by atoms with van der Waals surface area (Å²) in [6, 6.07) is 8.24. The molecule has 108 valence electrons. The second kappa shape index (κ2) is 6.37. The standard InChI is InChI=1S/C16H22N2OS/c1-16(2,15-18-13(7-8-17)11-20-15)10-12-5-4-6-14(9-12)19-3/h4-6,9,11H,7-8,10,17H2,1-3H3. The van der Waals surface area contributed by atoms with E-state index in [4.69, 9.17) is 15.5 Å². The lowest BCUT2D eigenvalue weighted by Gasteiger charge is -2.22. The lowest BCUT2D eigenvalue weighted by atomic mass is 9.86. The van der Waals surface area contributed by atoms with Gasteiger partial charge in [-0.25, -0.2) is 4.98 Å². The maximum Gasteiger partial charge on any atom is 0.119 e. The van der Waals surface area contributed by atoms with Crippen molar-refractivity contribution in [2.75, 3.05) is 13.7 Å². The molecule has 0 aliphatic heterocycles. The minimum absolute atomic E-state index is 0.0177. The third-order valence-electron chi connectivity index (χ3n) is 3.31. The van der Waals surface area contributed by atoms with E-state index in [1.54, 1.807) is 18.4 Å². The van der Waals surface area contributed by atoms with E-state index < -0.39 is 0 Å². The molecule has 0 radical (unpaired) electrons. The summed E-state index contributed by atoms with van der Waals surface area (Å²) < 4.78 is 5.28. The fourth-order valence-electron chi connectivity index (χ4n) is 2.25. The van der Waals surface area contributed by atoms with Crippen molar-refractivity contribution in [1.29, 1.82) is 0 Å². The van der Waals surface area contributed by atoms with Crippen LogP contribution < -0.4 is 10.5 Å². The zero-order valence-electron chi connectivity index (χ0n) is 12.3. The lowest BCUT2D eigenvalue weighted by molar-refractivity contribution is 0.413. The molecule has 0 saturated heterocycles. The highest BCUT2D eigenvalue weighted by Crippen LogP contribution is 2.31. The maximum absolute atomic E-state index is 5.59. The molecule has 3 nitrogen and oxygen atoms in total. The van der Waals surface area contributed by atoms with Gasteiger partial charge >= 0.3 is 0 Å². The predicted octanol–water partition coefficient (Wildman–Crippen LogP) is 3.17. The first kappa shape index (κ1) is 15.0. The highest BCUT2D eigenvalue weighted by atomic mass is 32.1. The van der Waals surface area contributed by atoms with Crippen LogP contribution in [-0.4, -0.2) is 18.6 Å². The number of nitrogens with two attached hydrogens (primary N) is 1. The number of methoxy groups -OCH3 is 1. The molecule has 0 unspecified atom stereocenters. The largest absolute Gasteiger partial charge is 0.497 e. The smallest absolute Gasteiger partial charge is 0.119 e. The van der Waals surface area contributed by atoms with Crippen molar-refractivity contribution in [2.45, 2.75) is 32.1 Å². The number of thiazole rings is 1. The number of hydrogen-bond acceptors (Lipinski definition) is 4. The molecule has 2 rings (SSSR count). The molecule has 2 N–H and O–H groups in total. The van der Waals surface area contributed by atoms with Crippen LogP contribution in [0, 0.1) is 0 Å². The third-order valence-corrected chi connectivity index (χ3v) is 4.57. The molecule has 1 heterocycles. The van der Waals surface area contributed by atoms with Crippen molar-refractivity contribution >= 4 is 11.3 Å². The molecule has 1 aromatic heterocycles. The van der Waals surface area contributed by atoms with Crippen molar-refractivity contribution in [2.24, 2.45) is 5.73 Å². The van der Waals surface area contributed by atoms with Gasteiger partial charge in [0.25, 0.3) is 0 Å². The molecule has 0 aliphatic rings. The summed E-state index contributed by atoms with van der Waals surface area (Å²) in [4.78, 5) is 4.72. The van der Waals surface area contributed by atoms with Gasteiger partial charge in [0.1, 0.15) is 5.75 Å². The van der Waals surface area contributed by atoms with E-state index in [9.17, 15) is 0 Å². The zero-order chi connectivity index (χ0) is 14.6. The van der Waals surface area contributed by atoms with Crippen LogP contribution in [0.4, 0.5) is 0 Å². The molecule has 0 saturated carbocycles. The van der Waals surface area contributed by atoms with Gasteiger partial charge in [-0.05, 0) is 30.7 Å². The summed E-state index contributed by atoms with van der Waals surface area (Å²) in [7, 11) is 1.70. The van der Waals surface area contributed by atoms with Gasteiger partial charge in [-0.2, -0.15) is 0 Å². The molecule has 0 spiro atoms. The van der Waals surface area contributed by atoms with E-state index in [2.05, 4.69) is 31.4 Å². The van der Waals surface area contributed by atoms with Gasteiger partial charge < -0.3 is 10.5 Å². The van der Waals surface area contributed by atoms with Gasteiger partial charge in [0.2, 0.25) is 0 Å². The minimum Gasteiger partial charge on any atom is -0.497 e. The van der Waals surface area contributed by atoms with E-state index in [0.29, 0.717) is 6.54 Å². The number of hydrogen-bond donors (Lipinski definition) is 1. The van der Waals surface area contributed by atoms with Gasteiger partial charge in [-0.15, -0.1) is 11.3 Å². The van der Waals surface area contributed by atoms with Crippen LogP contribution >= 0.6 is 11.3 Å². The van der Waals surface area contributed by atoms with Crippen LogP contribution in [0.15, 0.2) is 29.6 Å². The Bertz CT molecular complexity index is 563. The van der Waals surface area contributed by atoms with Crippen molar-refractivity contribution in [3.05, 3.63) is 45.9 Å². The van der Waals surface area contributed by atoms with Crippen molar-refractivity contribution in [3.8, 4) is 5.75 Å². The summed E-state index contributed by atoms with van der Waals surface area (Å²) in [5.74, 6) is 0.904. The highest BCUT2D eigenvalue weighted by Gasteiger charge is 2.25. The first-order chi connectivity index (χ1) is 9.55. The molecule has 20 heavy (non-hydrogen) atoms. The number of nitrogens with zero attached hydrogens (tertiary/aromatic N) is 1. The molecule has 1 aromatic carbocycles. The molecule has 0 bridgehead atoms. The Morgan fingerprint density at radius 1 is 1.35 bits per heavy atom. The average Bonchev–Trinajstić information content (AvgIpc) is 2.88. The topological polar surface area (TPSA) is 48.1 Å². The van der Waals surface area contributed by atoms with Gasteiger partial charge in [-0.3, -0.25) is 0 Å². The van der Waals surface area contributed by atoms with Crippen LogP contribution in [0.5, 0.6) is 5.75 Å². The van der Waals surface area contributed by atoms with Gasteiger partial charge in [0.15, 0.2) is 0 Å². The summed E-state index contributed by atoms with van der Waals surface area (Å²) in [6.07, 6.45) is 1.80. The van der Waals surface area contributed by atoms with Crippen molar-refractivity contribution in [3.63, 3.8) is 0 Å². The number of benzene rings is 1. The van der Waals surface area contributed by atoms with Crippen LogP contribution in [0.25, 0.3) is 0 Å². The van der Waals surface area contributed by atoms with Crippen molar-refractivity contribution < 1.29 is 4.74 Å². The van der Waals surface area contributed by atoms with Crippen LogP contribution in [0.1, 0.15) is 30.1 Å². The quantitative estimate of drug-likeness (QED) is 0.889. The molecule has 0 amide bonds. The van der Waals surface area contributed by atoms with Crippen LogP contribution in [0.2, 0.25) is 0 Å². The summed E-state index contributed by atoms with van der Waals surface area (Å²) >= 11 is 1.73. The fourth-order valence-corrected chi connectivity index (χ4v) is 3.23. The summed E-state index contributed by atoms with van der Waals surface area (Å²) in [6.45, 7) is 5.12. The Hall–Kier alpha value is -1.39. The van der Waals surface area contributed by atoms with E-state index in [1.807, 2.05) is 12.1 Å². The van der Waals surface area contributed by atoms with Crippen LogP contribution in [0.3, 0.4) is 0 Å². The van der Waals surface area contributed by atoms with Gasteiger partial charge in [0.05, 0.1) is 17.8 Å². The summed E-state index contributed by atoms with van der Waals surface area (Å²) in [5.41, 5.74) is 7.97. The van der Waals surface area contributed by atoms with E-state index in [1.165, 1.54) is 10.6 Å². The Balaban J connectivity index is 2.16. The van der Waals surface area contributed by atoms with E-state index in [0.717, 1.165) is 24.3 Å². The predicted molar refractivity (Wildman–Crippen MR) is 84.6 cm³/mol. The highest BCUT2D eigenvalue weighted by molar-refractivity contribution is 7.09. The Labute approximate surface area is 124 Å².